The van der Waals surface area contributed by atoms with Crippen molar-refractivity contribution in [1.82, 2.24) is 0 Å². The molecule has 2 aromatic carbocycles. The molecule has 0 aliphatic heterocycles. The molecule has 21 heavy (non-hydrogen) atoms. The van der Waals surface area contributed by atoms with Gasteiger partial charge in [-0.1, -0.05) is 36.2 Å². The van der Waals surface area contributed by atoms with Gasteiger partial charge in [0.1, 0.15) is 0 Å². The molecule has 1 atom stereocenters. The van der Waals surface area contributed by atoms with Crippen LogP contribution < -0.4 is 5.32 Å². The number of hydrogen-bond acceptors (Lipinski definition) is 1. The Hall–Kier alpha value is -1.39. The Kier molecular flexibility index (Phi) is 5.01. The molecule has 0 spiro atoms. The van der Waals surface area contributed by atoms with Gasteiger partial charge >= 0.3 is 0 Å². The minimum Gasteiger partial charge on any atom is -0.376 e. The van der Waals surface area contributed by atoms with E-state index < -0.39 is 17.5 Å². The van der Waals surface area contributed by atoms with E-state index in [1.165, 1.54) is 0 Å². The summed E-state index contributed by atoms with van der Waals surface area (Å²) in [5.41, 5.74) is 0.583. The molecule has 0 heterocycles. The van der Waals surface area contributed by atoms with Gasteiger partial charge in [-0.2, -0.15) is 0 Å². The van der Waals surface area contributed by atoms with E-state index in [4.69, 9.17) is 23.2 Å². The molecule has 0 radical (unpaired) electrons. The van der Waals surface area contributed by atoms with Crippen LogP contribution in [0.15, 0.2) is 30.3 Å². The van der Waals surface area contributed by atoms with Crippen molar-refractivity contribution in [2.45, 2.75) is 19.4 Å². The zero-order valence-electron chi connectivity index (χ0n) is 11.1. The molecule has 112 valence electrons. The van der Waals surface area contributed by atoms with Crippen molar-refractivity contribution in [3.05, 3.63) is 63.4 Å². The normalized spacial score (nSPS) is 12.3. The van der Waals surface area contributed by atoms with Crippen LogP contribution in [0.25, 0.3) is 0 Å². The SMILES string of the molecule is CCC(Nc1ccc(F)c(F)c1F)c1ccc(Cl)cc1Cl. The molecule has 0 bridgehead atoms. The lowest BCUT2D eigenvalue weighted by Crippen LogP contribution is -2.12. The van der Waals surface area contributed by atoms with E-state index >= 15 is 0 Å². The van der Waals surface area contributed by atoms with E-state index in [9.17, 15) is 13.2 Å². The Balaban J connectivity index is 2.33. The van der Waals surface area contributed by atoms with Crippen molar-refractivity contribution < 1.29 is 13.2 Å². The van der Waals surface area contributed by atoms with Crippen LogP contribution in [-0.4, -0.2) is 0 Å². The molecule has 2 rings (SSSR count). The van der Waals surface area contributed by atoms with Crippen molar-refractivity contribution in [1.29, 1.82) is 0 Å². The van der Waals surface area contributed by atoms with Gasteiger partial charge in [0.05, 0.1) is 11.7 Å². The van der Waals surface area contributed by atoms with Crippen LogP contribution in [0.5, 0.6) is 0 Å². The second kappa shape index (κ2) is 6.58. The number of rotatable bonds is 4. The van der Waals surface area contributed by atoms with E-state index in [2.05, 4.69) is 5.32 Å². The largest absolute Gasteiger partial charge is 0.376 e. The third-order valence-corrected chi connectivity index (χ3v) is 3.67. The van der Waals surface area contributed by atoms with Gasteiger partial charge in [-0.3, -0.25) is 0 Å². The number of hydrogen-bond donors (Lipinski definition) is 1. The molecule has 0 saturated heterocycles. The van der Waals surface area contributed by atoms with Crippen LogP contribution in [-0.2, 0) is 0 Å². The van der Waals surface area contributed by atoms with E-state index in [0.717, 1.165) is 12.1 Å². The first kappa shape index (κ1) is 16.0. The first-order valence-electron chi connectivity index (χ1n) is 6.29. The quantitative estimate of drug-likeness (QED) is 0.679. The third kappa shape index (κ3) is 3.44. The molecule has 0 aliphatic carbocycles. The summed E-state index contributed by atoms with van der Waals surface area (Å²) in [6.07, 6.45) is 0.569. The molecule has 2 aromatic rings. The fourth-order valence-electron chi connectivity index (χ4n) is 2.01. The smallest absolute Gasteiger partial charge is 0.196 e. The lowest BCUT2D eigenvalue weighted by atomic mass is 10.0. The van der Waals surface area contributed by atoms with Crippen molar-refractivity contribution in [2.24, 2.45) is 0 Å². The van der Waals surface area contributed by atoms with Gasteiger partial charge in [0.25, 0.3) is 0 Å². The minimum atomic E-state index is -1.50. The second-order valence-electron chi connectivity index (χ2n) is 4.49. The second-order valence-corrected chi connectivity index (χ2v) is 5.34. The fourth-order valence-corrected chi connectivity index (χ4v) is 2.55. The number of halogens is 5. The van der Waals surface area contributed by atoms with Gasteiger partial charge < -0.3 is 5.32 Å². The van der Waals surface area contributed by atoms with Crippen molar-refractivity contribution >= 4 is 28.9 Å². The van der Waals surface area contributed by atoms with Crippen LogP contribution in [0.4, 0.5) is 18.9 Å². The lowest BCUT2D eigenvalue weighted by molar-refractivity contribution is 0.448. The molecule has 1 nitrogen and oxygen atoms in total. The topological polar surface area (TPSA) is 12.0 Å². The van der Waals surface area contributed by atoms with Crippen LogP contribution in [0.3, 0.4) is 0 Å². The van der Waals surface area contributed by atoms with Crippen molar-refractivity contribution in [2.75, 3.05) is 5.32 Å². The van der Waals surface area contributed by atoms with E-state index in [-0.39, 0.29) is 11.7 Å². The molecule has 1 unspecified atom stereocenters. The zero-order chi connectivity index (χ0) is 15.6. The molecule has 0 aromatic heterocycles. The van der Waals surface area contributed by atoms with Crippen LogP contribution >= 0.6 is 23.2 Å². The minimum absolute atomic E-state index is 0.119. The summed E-state index contributed by atoms with van der Waals surface area (Å²) in [4.78, 5) is 0. The summed E-state index contributed by atoms with van der Waals surface area (Å²) < 4.78 is 39.9. The predicted molar refractivity (Wildman–Crippen MR) is 79.4 cm³/mol. The van der Waals surface area contributed by atoms with Gasteiger partial charge in [0, 0.05) is 10.0 Å². The van der Waals surface area contributed by atoms with Crippen molar-refractivity contribution in [3.63, 3.8) is 0 Å². The molecule has 0 saturated carbocycles. The third-order valence-electron chi connectivity index (χ3n) is 3.11. The predicted octanol–water partition coefficient (Wildman–Crippen LogP) is 5.97. The van der Waals surface area contributed by atoms with Gasteiger partial charge in [0.2, 0.25) is 0 Å². The zero-order valence-corrected chi connectivity index (χ0v) is 12.6. The average molecular weight is 334 g/mol. The molecule has 6 heteroatoms. The highest BCUT2D eigenvalue weighted by molar-refractivity contribution is 6.35. The van der Waals surface area contributed by atoms with E-state index in [1.807, 2.05) is 6.92 Å². The van der Waals surface area contributed by atoms with Gasteiger partial charge in [0.15, 0.2) is 17.5 Å². The van der Waals surface area contributed by atoms with Crippen LogP contribution in [0.2, 0.25) is 10.0 Å². The first-order valence-corrected chi connectivity index (χ1v) is 7.04. The summed E-state index contributed by atoms with van der Waals surface area (Å²) in [5.74, 6) is -3.98. The Morgan fingerprint density at radius 2 is 1.76 bits per heavy atom. The first-order chi connectivity index (χ1) is 9.93. The molecule has 0 amide bonds. The van der Waals surface area contributed by atoms with Crippen LogP contribution in [0, 0.1) is 17.5 Å². The van der Waals surface area contributed by atoms with Gasteiger partial charge in [-0.15, -0.1) is 0 Å². The summed E-state index contributed by atoms with van der Waals surface area (Å²) in [5, 5.41) is 3.74. The summed E-state index contributed by atoms with van der Waals surface area (Å²) in [6.45, 7) is 1.86. The maximum absolute atomic E-state index is 13.7. The summed E-state index contributed by atoms with van der Waals surface area (Å²) >= 11 is 11.9. The number of benzene rings is 2. The van der Waals surface area contributed by atoms with Gasteiger partial charge in [-0.25, -0.2) is 13.2 Å². The number of nitrogens with one attached hydrogen (secondary N) is 1. The fraction of sp³-hybridized carbons (Fsp3) is 0.200. The highest BCUT2D eigenvalue weighted by atomic mass is 35.5. The maximum Gasteiger partial charge on any atom is 0.196 e. The Bertz CT molecular complexity index is 662. The number of anilines is 1. The molecule has 0 aliphatic rings. The highest BCUT2D eigenvalue weighted by Gasteiger charge is 2.18. The highest BCUT2D eigenvalue weighted by Crippen LogP contribution is 2.32. The molecular weight excluding hydrogens is 322 g/mol. The Labute approximate surface area is 130 Å². The molecular formula is C15H12Cl2F3N. The Morgan fingerprint density at radius 1 is 1.05 bits per heavy atom. The monoisotopic (exact) mass is 333 g/mol. The average Bonchev–Trinajstić information content (AvgIpc) is 2.45. The molecule has 0 fully saturated rings. The lowest BCUT2D eigenvalue weighted by Gasteiger charge is -2.20. The van der Waals surface area contributed by atoms with Gasteiger partial charge in [-0.05, 0) is 36.2 Å². The van der Waals surface area contributed by atoms with Crippen molar-refractivity contribution in [3.8, 4) is 0 Å². The Morgan fingerprint density at radius 3 is 2.38 bits per heavy atom. The summed E-state index contributed by atoms with van der Waals surface area (Å²) in [7, 11) is 0. The standard InChI is InChI=1S/C15H12Cl2F3N/c1-2-12(9-4-3-8(16)7-10(9)17)21-13-6-5-11(18)14(19)15(13)20/h3-7,12,21H,2H2,1H3. The van der Waals surface area contributed by atoms with Crippen LogP contribution in [0.1, 0.15) is 24.9 Å². The summed E-state index contributed by atoms with van der Waals surface area (Å²) in [6, 6.07) is 6.62. The molecule has 1 N–H and O–H groups in total. The maximum atomic E-state index is 13.7. The van der Waals surface area contributed by atoms with E-state index in [1.54, 1.807) is 18.2 Å². The van der Waals surface area contributed by atoms with E-state index in [0.29, 0.717) is 22.0 Å².